The van der Waals surface area contributed by atoms with E-state index in [1.165, 1.54) is 0 Å². The maximum Gasteiger partial charge on any atom is 0.197 e. The Kier molecular flexibility index (Phi) is 3.06. The molecule has 1 aromatic carbocycles. The van der Waals surface area contributed by atoms with Crippen LogP contribution in [0.15, 0.2) is 22.6 Å². The van der Waals surface area contributed by atoms with Crippen LogP contribution in [0.3, 0.4) is 0 Å². The zero-order valence-electron chi connectivity index (χ0n) is 10.7. The third-order valence-corrected chi connectivity index (χ3v) is 5.05. The molecule has 2 heterocycles. The molecule has 3 rings (SSSR count). The molecule has 1 aliphatic rings. The number of aromatic nitrogens is 1. The van der Waals surface area contributed by atoms with Crippen molar-refractivity contribution < 1.29 is 12.8 Å². The van der Waals surface area contributed by atoms with Crippen molar-refractivity contribution in [3.05, 3.63) is 29.7 Å². The predicted molar refractivity (Wildman–Crippen MR) is 72.9 cm³/mol. The summed E-state index contributed by atoms with van der Waals surface area (Å²) < 4.78 is 28.8. The summed E-state index contributed by atoms with van der Waals surface area (Å²) in [6.07, 6.45) is 0.507. The highest BCUT2D eigenvalue weighted by atomic mass is 32.2. The minimum atomic E-state index is -2.92. The lowest BCUT2D eigenvalue weighted by Crippen LogP contribution is -2.46. The van der Waals surface area contributed by atoms with Crippen LogP contribution in [0.2, 0.25) is 0 Å². The summed E-state index contributed by atoms with van der Waals surface area (Å²) in [6, 6.07) is 5.73. The lowest BCUT2D eigenvalue weighted by molar-refractivity contribution is 0.457. The number of aryl methyl sites for hydroxylation is 1. The molecule has 1 saturated heterocycles. The van der Waals surface area contributed by atoms with Crippen molar-refractivity contribution >= 4 is 20.9 Å². The largest absolute Gasteiger partial charge is 0.441 e. The lowest BCUT2D eigenvalue weighted by atomic mass is 10.2. The van der Waals surface area contributed by atoms with E-state index in [2.05, 4.69) is 10.3 Å². The molecule has 0 aliphatic carbocycles. The van der Waals surface area contributed by atoms with Gasteiger partial charge >= 0.3 is 0 Å². The number of rotatable bonds is 2. The first-order valence-corrected chi connectivity index (χ1v) is 8.14. The van der Waals surface area contributed by atoms with E-state index in [0.717, 1.165) is 16.7 Å². The zero-order chi connectivity index (χ0) is 13.5. The van der Waals surface area contributed by atoms with E-state index in [1.807, 2.05) is 25.1 Å². The van der Waals surface area contributed by atoms with Gasteiger partial charge in [-0.3, -0.25) is 0 Å². The average Bonchev–Trinajstić information content (AvgIpc) is 2.68. The van der Waals surface area contributed by atoms with Crippen molar-refractivity contribution in [1.29, 1.82) is 0 Å². The van der Waals surface area contributed by atoms with Crippen molar-refractivity contribution in [3.8, 4) is 0 Å². The van der Waals surface area contributed by atoms with Crippen LogP contribution >= 0.6 is 0 Å². The number of nitrogens with zero attached hydrogens (tertiary/aromatic N) is 1. The van der Waals surface area contributed by atoms with Crippen LogP contribution in [0, 0.1) is 6.92 Å². The average molecular weight is 280 g/mol. The Morgan fingerprint density at radius 1 is 1.47 bits per heavy atom. The predicted octanol–water partition coefficient (Wildman–Crippen LogP) is 1.07. The Morgan fingerprint density at radius 2 is 2.32 bits per heavy atom. The molecular weight excluding hydrogens is 264 g/mol. The summed E-state index contributed by atoms with van der Waals surface area (Å²) in [4.78, 5) is 4.41. The smallest absolute Gasteiger partial charge is 0.197 e. The van der Waals surface area contributed by atoms with Crippen LogP contribution in [0.5, 0.6) is 0 Å². The van der Waals surface area contributed by atoms with Gasteiger partial charge in [-0.25, -0.2) is 13.4 Å². The van der Waals surface area contributed by atoms with Gasteiger partial charge in [-0.1, -0.05) is 6.07 Å². The molecule has 5 nitrogen and oxygen atoms in total. The molecule has 0 spiro atoms. The minimum Gasteiger partial charge on any atom is -0.441 e. The van der Waals surface area contributed by atoms with Crippen LogP contribution in [0.1, 0.15) is 11.5 Å². The molecule has 1 atom stereocenters. The third kappa shape index (κ3) is 2.79. The van der Waals surface area contributed by atoms with Crippen molar-refractivity contribution in [2.75, 3.05) is 18.1 Å². The molecule has 1 N–H and O–H groups in total. The summed E-state index contributed by atoms with van der Waals surface area (Å²) in [5.41, 5.74) is 2.71. The van der Waals surface area contributed by atoms with Gasteiger partial charge < -0.3 is 9.73 Å². The number of hydrogen-bond acceptors (Lipinski definition) is 5. The normalized spacial score (nSPS) is 22.7. The van der Waals surface area contributed by atoms with Gasteiger partial charge in [0, 0.05) is 19.0 Å². The molecule has 19 heavy (non-hydrogen) atoms. The summed E-state index contributed by atoms with van der Waals surface area (Å²) in [6.45, 7) is 2.51. The molecule has 1 aliphatic heterocycles. The molecule has 102 valence electrons. The van der Waals surface area contributed by atoms with Crippen LogP contribution in [0.25, 0.3) is 11.1 Å². The Balaban J connectivity index is 1.81. The molecule has 1 aromatic heterocycles. The molecular formula is C13H16N2O3S. The number of sulfone groups is 1. The standard InChI is InChI=1S/C13H16N2O3S/c1-9-2-3-12-11(6-9)15-13(18-12)7-10-8-19(16,17)5-4-14-10/h2-3,6,10,14H,4-5,7-8H2,1H3. The van der Waals surface area contributed by atoms with Crippen molar-refractivity contribution in [2.24, 2.45) is 0 Å². The molecule has 1 unspecified atom stereocenters. The maximum atomic E-state index is 11.6. The van der Waals surface area contributed by atoms with Crippen molar-refractivity contribution in [3.63, 3.8) is 0 Å². The molecule has 0 radical (unpaired) electrons. The highest BCUT2D eigenvalue weighted by Crippen LogP contribution is 2.18. The summed E-state index contributed by atoms with van der Waals surface area (Å²) >= 11 is 0. The van der Waals surface area contributed by atoms with Crippen LogP contribution in [-0.4, -0.2) is 37.5 Å². The second kappa shape index (κ2) is 4.61. The van der Waals surface area contributed by atoms with Gasteiger partial charge in [-0.05, 0) is 24.6 Å². The van der Waals surface area contributed by atoms with Gasteiger partial charge in [0.05, 0.1) is 11.5 Å². The summed E-state index contributed by atoms with van der Waals surface area (Å²) in [7, 11) is -2.92. The second-order valence-corrected chi connectivity index (χ2v) is 7.28. The van der Waals surface area contributed by atoms with Gasteiger partial charge in [0.1, 0.15) is 5.52 Å². The molecule has 0 saturated carbocycles. The van der Waals surface area contributed by atoms with Gasteiger partial charge in [-0.15, -0.1) is 0 Å². The van der Waals surface area contributed by atoms with Crippen LogP contribution < -0.4 is 5.32 Å². The molecule has 1 fully saturated rings. The lowest BCUT2D eigenvalue weighted by Gasteiger charge is -2.22. The van der Waals surface area contributed by atoms with E-state index in [-0.39, 0.29) is 17.5 Å². The Bertz CT molecular complexity index is 706. The Hall–Kier alpha value is -1.40. The van der Waals surface area contributed by atoms with E-state index in [4.69, 9.17) is 4.42 Å². The number of fused-ring (bicyclic) bond motifs is 1. The molecule has 0 bridgehead atoms. The van der Waals surface area contributed by atoms with E-state index in [9.17, 15) is 8.42 Å². The van der Waals surface area contributed by atoms with E-state index >= 15 is 0 Å². The minimum absolute atomic E-state index is 0.104. The number of hydrogen-bond donors (Lipinski definition) is 1. The highest BCUT2D eigenvalue weighted by molar-refractivity contribution is 7.91. The third-order valence-electron chi connectivity index (χ3n) is 3.31. The fourth-order valence-corrected chi connectivity index (χ4v) is 3.83. The zero-order valence-corrected chi connectivity index (χ0v) is 11.5. The number of benzene rings is 1. The van der Waals surface area contributed by atoms with Gasteiger partial charge in [0.25, 0.3) is 0 Å². The number of nitrogens with one attached hydrogen (secondary N) is 1. The quantitative estimate of drug-likeness (QED) is 0.890. The topological polar surface area (TPSA) is 72.2 Å². The van der Waals surface area contributed by atoms with Crippen molar-refractivity contribution in [1.82, 2.24) is 10.3 Å². The van der Waals surface area contributed by atoms with Crippen LogP contribution in [-0.2, 0) is 16.3 Å². The van der Waals surface area contributed by atoms with Gasteiger partial charge in [-0.2, -0.15) is 0 Å². The fourth-order valence-electron chi connectivity index (χ4n) is 2.38. The highest BCUT2D eigenvalue weighted by Gasteiger charge is 2.25. The van der Waals surface area contributed by atoms with Gasteiger partial charge in [0.2, 0.25) is 0 Å². The molecule has 6 heteroatoms. The first-order valence-electron chi connectivity index (χ1n) is 6.32. The van der Waals surface area contributed by atoms with E-state index in [1.54, 1.807) is 0 Å². The van der Waals surface area contributed by atoms with Crippen LogP contribution in [0.4, 0.5) is 0 Å². The molecule has 0 amide bonds. The Morgan fingerprint density at radius 3 is 3.11 bits per heavy atom. The molecule has 2 aromatic rings. The second-order valence-electron chi connectivity index (χ2n) is 5.05. The van der Waals surface area contributed by atoms with E-state index < -0.39 is 9.84 Å². The fraction of sp³-hybridized carbons (Fsp3) is 0.462. The van der Waals surface area contributed by atoms with Crippen molar-refractivity contribution in [2.45, 2.75) is 19.4 Å². The van der Waals surface area contributed by atoms with E-state index in [0.29, 0.717) is 18.9 Å². The summed E-state index contributed by atoms with van der Waals surface area (Å²) in [5.74, 6) is 0.969. The Labute approximate surface area is 111 Å². The van der Waals surface area contributed by atoms with Gasteiger partial charge in [0.15, 0.2) is 21.3 Å². The maximum absolute atomic E-state index is 11.6. The summed E-state index contributed by atoms with van der Waals surface area (Å²) in [5, 5.41) is 3.20. The number of oxazole rings is 1. The monoisotopic (exact) mass is 280 g/mol. The SMILES string of the molecule is Cc1ccc2oc(CC3CS(=O)(=O)CCN3)nc2c1. The first kappa shape index (κ1) is 12.6. The first-order chi connectivity index (χ1) is 9.02.